The monoisotopic (exact) mass is 1670 g/mol. The molecule has 16 atom stereocenters. The van der Waals surface area contributed by atoms with Crippen LogP contribution in [0.3, 0.4) is 0 Å². The van der Waals surface area contributed by atoms with Crippen molar-refractivity contribution in [1.29, 1.82) is 0 Å². The Balaban J connectivity index is 1.23. The molecule has 4 rings (SSSR count). The van der Waals surface area contributed by atoms with Gasteiger partial charge in [-0.1, -0.05) is 38.7 Å². The number of nitrogens with zero attached hydrogens (tertiary/aromatic N) is 3. The van der Waals surface area contributed by atoms with Gasteiger partial charge in [0.1, 0.15) is 59.8 Å². The maximum atomic E-state index is 14.1. The number of carbonyl (C=O) groups is 4. The van der Waals surface area contributed by atoms with Gasteiger partial charge in [0, 0.05) is 122 Å². The van der Waals surface area contributed by atoms with Gasteiger partial charge in [-0.05, 0) is 51.4 Å². The van der Waals surface area contributed by atoms with Gasteiger partial charge < -0.3 is 145 Å². The molecule has 3 aliphatic heterocycles. The molecule has 9 N–H and O–H groups in total. The van der Waals surface area contributed by atoms with E-state index in [1.165, 1.54) is 7.11 Å². The number of aliphatic hydroxyl groups excluding tert-OH is 9. The average molecular weight is 1670 g/mol. The van der Waals surface area contributed by atoms with Gasteiger partial charge in [-0.15, -0.1) is 5.10 Å². The van der Waals surface area contributed by atoms with E-state index >= 15 is 0 Å². The minimum Gasteiger partial charge on any atom is -0.789 e. The number of aryl methyl sites for hydroxylation is 2. The van der Waals surface area contributed by atoms with Crippen LogP contribution in [0, 0.1) is 23.2 Å². The molecule has 3 fully saturated rings. The van der Waals surface area contributed by atoms with E-state index in [1.54, 1.807) is 25.5 Å². The van der Waals surface area contributed by atoms with Crippen LogP contribution < -0.4 is 4.89 Å². The number of aromatic nitrogens is 3. The first-order valence-corrected chi connectivity index (χ1v) is 42.1. The lowest BCUT2D eigenvalue weighted by Gasteiger charge is -2.40. The molecule has 0 bridgehead atoms. The Bertz CT molecular complexity index is 2460. The second-order valence-corrected chi connectivity index (χ2v) is 30.6. The minimum absolute atomic E-state index is 0.0124. The first kappa shape index (κ1) is 103. The van der Waals surface area contributed by atoms with Crippen molar-refractivity contribution in [3.63, 3.8) is 0 Å². The van der Waals surface area contributed by atoms with Gasteiger partial charge >= 0.3 is 0 Å². The van der Waals surface area contributed by atoms with Crippen molar-refractivity contribution >= 4 is 37.0 Å². The zero-order chi connectivity index (χ0) is 83.0. The molecule has 0 aliphatic carbocycles. The smallest absolute Gasteiger partial charge is 0.163 e. The van der Waals surface area contributed by atoms with E-state index in [4.69, 9.17) is 94.3 Å². The van der Waals surface area contributed by atoms with Crippen LogP contribution in [0.2, 0.25) is 0 Å². The van der Waals surface area contributed by atoms with E-state index in [0.717, 1.165) is 18.5 Å². The summed E-state index contributed by atoms with van der Waals surface area (Å²) in [5.74, 6) is -1.75. The molecule has 0 amide bonds. The SMILES string of the molecule is C=P([O-])(OC)OCCCCn1cc(CCCCCC(=O)CC(COCCC(=O)CCCOCCOCCOCCOC2OC(CO)C(O)C(O)C2C)(COCCC(=O)CCCOCCOCCOCCOC2OC(CO)C(O)C(O)C2C)COCCC(=O)CCCOCCOCCOCCOC2OC(CO)C(O)C(O)C2C)nn1. The van der Waals surface area contributed by atoms with Gasteiger partial charge in [-0.2, -0.15) is 0 Å². The summed E-state index contributed by atoms with van der Waals surface area (Å²) in [5.41, 5.74) is -0.259. The first-order valence-electron chi connectivity index (χ1n) is 40.3. The van der Waals surface area contributed by atoms with E-state index in [9.17, 15) is 70.0 Å². The number of Topliss-reactive ketones (excluding diaryl/α,β-unsaturated/α-hetero) is 4. The van der Waals surface area contributed by atoms with Crippen molar-refractivity contribution in [2.24, 2.45) is 23.2 Å². The third-order valence-corrected chi connectivity index (χ3v) is 20.4. The fraction of sp³-hybridized carbons (Fsp3) is 0.908. The zero-order valence-electron chi connectivity index (χ0n) is 67.6. The third-order valence-electron chi connectivity index (χ3n) is 19.3. The molecular formula is C76H137N3O34P-. The summed E-state index contributed by atoms with van der Waals surface area (Å²) < 4.78 is 115. The molecule has 4 heterocycles. The number of unbranched alkanes of at least 4 members (excludes halogenated alkanes) is 3. The summed E-state index contributed by atoms with van der Waals surface area (Å²) in [7, 11) is -2.01. The molecule has 114 heavy (non-hydrogen) atoms. The fourth-order valence-corrected chi connectivity index (χ4v) is 12.7. The summed E-state index contributed by atoms with van der Waals surface area (Å²) in [6.07, 6.45) is -0.236. The van der Waals surface area contributed by atoms with Crippen LogP contribution in [-0.2, 0) is 126 Å². The van der Waals surface area contributed by atoms with E-state index in [1.807, 2.05) is 6.20 Å². The van der Waals surface area contributed by atoms with Crippen molar-refractivity contribution < 1.29 is 164 Å². The summed E-state index contributed by atoms with van der Waals surface area (Å²) in [6, 6.07) is 0. The fourth-order valence-electron chi connectivity index (χ4n) is 12.2. The van der Waals surface area contributed by atoms with E-state index < -0.39 is 124 Å². The lowest BCUT2D eigenvalue weighted by molar-refractivity contribution is -0.284. The predicted octanol–water partition coefficient (Wildman–Crippen LogP) is 0.0172. The molecule has 1 aromatic heterocycles. The maximum absolute atomic E-state index is 14.1. The number of hydrogen-bond acceptors (Lipinski definition) is 36. The summed E-state index contributed by atoms with van der Waals surface area (Å²) in [6.45, 7) is 10.2. The van der Waals surface area contributed by atoms with Gasteiger partial charge in [0.2, 0.25) is 0 Å². The highest BCUT2D eigenvalue weighted by molar-refractivity contribution is 7.57. The molecule has 1 aromatic rings. The van der Waals surface area contributed by atoms with Crippen LogP contribution in [0.5, 0.6) is 0 Å². The van der Waals surface area contributed by atoms with Crippen molar-refractivity contribution in [2.45, 2.75) is 210 Å². The molecule has 3 saturated heterocycles. The van der Waals surface area contributed by atoms with Crippen LogP contribution in [0.15, 0.2) is 6.20 Å². The van der Waals surface area contributed by atoms with Gasteiger partial charge in [-0.3, -0.25) is 23.9 Å². The van der Waals surface area contributed by atoms with E-state index in [-0.39, 0.29) is 180 Å². The molecule has 0 aromatic carbocycles. The van der Waals surface area contributed by atoms with Gasteiger partial charge in [-0.25, -0.2) is 0 Å². The molecule has 0 spiro atoms. The highest BCUT2D eigenvalue weighted by Gasteiger charge is 2.45. The number of ether oxygens (including phenoxy) is 18. The molecular weight excluding hydrogens is 1530 g/mol. The number of ketones is 4. The number of rotatable bonds is 75. The van der Waals surface area contributed by atoms with E-state index in [2.05, 4.69) is 16.6 Å². The molecule has 37 nitrogen and oxygen atoms in total. The van der Waals surface area contributed by atoms with Gasteiger partial charge in [0.25, 0.3) is 0 Å². The quantitative estimate of drug-likeness (QED) is 0.0306. The van der Waals surface area contributed by atoms with Crippen LogP contribution in [0.25, 0.3) is 0 Å². The third kappa shape index (κ3) is 44.5. The molecule has 16 unspecified atom stereocenters. The van der Waals surface area contributed by atoms with Crippen LogP contribution in [0.4, 0.5) is 0 Å². The Kier molecular flexibility index (Phi) is 57.0. The van der Waals surface area contributed by atoms with Crippen LogP contribution in [0.1, 0.15) is 129 Å². The molecule has 0 radical (unpaired) electrons. The van der Waals surface area contributed by atoms with Crippen LogP contribution >= 0.6 is 7.57 Å². The predicted molar refractivity (Wildman–Crippen MR) is 406 cm³/mol. The summed E-state index contributed by atoms with van der Waals surface area (Å²) >= 11 is 0. The Morgan fingerprint density at radius 3 is 1.10 bits per heavy atom. The highest BCUT2D eigenvalue weighted by atomic mass is 31.2. The highest BCUT2D eigenvalue weighted by Crippen LogP contribution is 2.36. The van der Waals surface area contributed by atoms with Crippen LogP contribution in [-0.4, -0.2) is 376 Å². The largest absolute Gasteiger partial charge is 0.789 e. The van der Waals surface area contributed by atoms with Crippen molar-refractivity contribution in [2.75, 3.05) is 212 Å². The Morgan fingerprint density at radius 2 is 0.754 bits per heavy atom. The number of carbonyl (C=O) groups excluding carboxylic acids is 4. The topological polar surface area (TPSA) is 489 Å². The molecule has 38 heteroatoms. The van der Waals surface area contributed by atoms with Crippen molar-refractivity contribution in [3.8, 4) is 0 Å². The minimum atomic E-state index is -3.30. The first-order chi connectivity index (χ1) is 55.1. The molecule has 3 aliphatic rings. The number of hydrogen-bond donors (Lipinski definition) is 9. The number of aliphatic hydroxyl groups is 9. The Hall–Kier alpha value is -3.08. The van der Waals surface area contributed by atoms with Gasteiger partial charge in [0.15, 0.2) is 18.9 Å². The Morgan fingerprint density at radius 1 is 0.421 bits per heavy atom. The van der Waals surface area contributed by atoms with Gasteiger partial charge in [0.05, 0.1) is 209 Å². The lowest BCUT2D eigenvalue weighted by atomic mass is 9.83. The summed E-state index contributed by atoms with van der Waals surface area (Å²) in [4.78, 5) is 65.5. The standard InChI is InChI=1S/C76H137N3O34P/c1-56-67(87)70(90)64(50-80)111-73(56)107-45-42-101-39-36-98-33-30-95-23-11-16-60(83)19-27-104-53-76(48-63(86)15-8-6-7-14-59-49-79(78-77-59)22-9-10-26-110-114(5,93)94-4,54-105-28-20-61(84)17-12-24-96-31-34-99-37-40-102-43-46-108-74-57(2)68(88)71(91)65(51-81)112-74)55-106-29-21-62(85)18-13-25-97-32-35-100-38-41-103-44-47-109-75-58(3)69(89)72(92)66(52-82)113-75/h49,56-58,64-75,80-82,87-92H,5-48,50-55H2,1-4H3/q-1. The van der Waals surface area contributed by atoms with Crippen molar-refractivity contribution in [1.82, 2.24) is 15.0 Å². The molecule has 666 valence electrons. The lowest BCUT2D eigenvalue weighted by Crippen LogP contribution is -2.55. The second-order valence-electron chi connectivity index (χ2n) is 28.7. The van der Waals surface area contributed by atoms with Crippen molar-refractivity contribution in [3.05, 3.63) is 11.9 Å². The molecule has 0 saturated carbocycles. The normalized spacial score (nSPS) is 25.1. The average Bonchev–Trinajstić information content (AvgIpc) is 0.979. The van der Waals surface area contributed by atoms with E-state index in [0.29, 0.717) is 131 Å². The Labute approximate surface area is 671 Å². The zero-order valence-corrected chi connectivity index (χ0v) is 68.5. The second kappa shape index (κ2) is 63.0. The maximum Gasteiger partial charge on any atom is 0.163 e. The summed E-state index contributed by atoms with van der Waals surface area (Å²) in [5, 5.41) is 97.8.